The lowest BCUT2D eigenvalue weighted by molar-refractivity contribution is 0.477. The number of rotatable bonds is 6. The first-order chi connectivity index (χ1) is 14.0. The zero-order chi connectivity index (χ0) is 22.1. The van der Waals surface area contributed by atoms with Gasteiger partial charge in [0.15, 0.2) is 0 Å². The summed E-state index contributed by atoms with van der Waals surface area (Å²) in [6.07, 6.45) is 0. The normalized spacial score (nSPS) is 11.8. The highest BCUT2D eigenvalue weighted by molar-refractivity contribution is 7.93. The average Bonchev–Trinajstić information content (AvgIpc) is 2.62. The van der Waals surface area contributed by atoms with Crippen LogP contribution in [0.25, 0.3) is 0 Å². The molecule has 0 heterocycles. The van der Waals surface area contributed by atoms with Crippen molar-refractivity contribution < 1.29 is 21.9 Å². The lowest BCUT2D eigenvalue weighted by atomic mass is 10.2. The van der Waals surface area contributed by atoms with Crippen molar-refractivity contribution in [2.45, 2.75) is 16.7 Å². The van der Waals surface area contributed by atoms with Gasteiger partial charge in [-0.25, -0.2) is 16.8 Å². The maximum Gasteiger partial charge on any atom is 0.263 e. The summed E-state index contributed by atoms with van der Waals surface area (Å²) in [7, 11) is -8.27. The monoisotopic (exact) mass is 486 g/mol. The predicted molar refractivity (Wildman–Crippen MR) is 117 cm³/mol. The topological polar surface area (TPSA) is 113 Å². The molecule has 0 unspecified atom stereocenters. The van der Waals surface area contributed by atoms with Crippen LogP contribution in [0.1, 0.15) is 5.56 Å². The molecule has 30 heavy (non-hydrogen) atoms. The number of phenols is 1. The molecule has 0 aromatic heterocycles. The maximum absolute atomic E-state index is 12.7. The minimum atomic E-state index is -4.18. The van der Waals surface area contributed by atoms with Crippen molar-refractivity contribution >= 4 is 54.6 Å². The summed E-state index contributed by atoms with van der Waals surface area (Å²) < 4.78 is 55.2. The second-order valence-corrected chi connectivity index (χ2v) is 10.5. The Morgan fingerprint density at radius 2 is 1.57 bits per heavy atom. The zero-order valence-corrected chi connectivity index (χ0v) is 18.6. The van der Waals surface area contributed by atoms with E-state index < -0.39 is 25.8 Å². The number of halogens is 2. The predicted octanol–water partition coefficient (Wildman–Crippen LogP) is 4.61. The van der Waals surface area contributed by atoms with Crippen molar-refractivity contribution in [3.8, 4) is 5.75 Å². The molecule has 3 aromatic rings. The second kappa shape index (κ2) is 8.35. The molecule has 0 spiro atoms. The Morgan fingerprint density at radius 3 is 2.23 bits per heavy atom. The van der Waals surface area contributed by atoms with Gasteiger partial charge in [-0.1, -0.05) is 35.3 Å². The summed E-state index contributed by atoms with van der Waals surface area (Å²) in [6.45, 7) is 1.75. The van der Waals surface area contributed by atoms with Crippen LogP contribution in [0.4, 0.5) is 11.4 Å². The fraction of sp³-hybridized carbons (Fsp3) is 0.0526. The maximum atomic E-state index is 12.7. The number of anilines is 2. The number of aryl methyl sites for hydroxylation is 1. The quantitative estimate of drug-likeness (QED) is 0.440. The van der Waals surface area contributed by atoms with Gasteiger partial charge in [0.1, 0.15) is 10.6 Å². The molecule has 0 aliphatic carbocycles. The average molecular weight is 487 g/mol. The van der Waals surface area contributed by atoms with Gasteiger partial charge < -0.3 is 5.11 Å². The number of sulfonamides is 2. The first-order valence-corrected chi connectivity index (χ1v) is 12.1. The van der Waals surface area contributed by atoms with E-state index in [-0.39, 0.29) is 26.2 Å². The molecule has 0 saturated heterocycles. The lowest BCUT2D eigenvalue weighted by Gasteiger charge is -2.13. The minimum Gasteiger partial charge on any atom is -0.506 e. The molecule has 0 aliphatic rings. The van der Waals surface area contributed by atoms with Gasteiger partial charge in [-0.2, -0.15) is 0 Å². The molecule has 3 rings (SSSR count). The number of nitrogens with one attached hydrogen (secondary N) is 2. The van der Waals surface area contributed by atoms with E-state index in [2.05, 4.69) is 9.44 Å². The molecule has 0 radical (unpaired) electrons. The Balaban J connectivity index is 1.95. The molecule has 3 N–H and O–H groups in total. The number of phenolic OH excluding ortho intramolecular Hbond substituents is 1. The molecule has 0 amide bonds. The molecule has 0 aliphatic heterocycles. The van der Waals surface area contributed by atoms with Crippen molar-refractivity contribution in [3.05, 3.63) is 76.3 Å². The highest BCUT2D eigenvalue weighted by atomic mass is 35.5. The van der Waals surface area contributed by atoms with Crippen molar-refractivity contribution in [2.75, 3.05) is 9.44 Å². The fourth-order valence-corrected chi connectivity index (χ4v) is 5.48. The first kappa shape index (κ1) is 22.2. The molecule has 158 valence electrons. The van der Waals surface area contributed by atoms with Crippen LogP contribution in [-0.4, -0.2) is 21.9 Å². The highest BCUT2D eigenvalue weighted by Crippen LogP contribution is 2.31. The summed E-state index contributed by atoms with van der Waals surface area (Å²) in [5.41, 5.74) is 0.673. The van der Waals surface area contributed by atoms with E-state index in [4.69, 9.17) is 23.2 Å². The Morgan fingerprint density at radius 1 is 0.833 bits per heavy atom. The molecule has 0 atom stereocenters. The van der Waals surface area contributed by atoms with Crippen LogP contribution < -0.4 is 9.44 Å². The zero-order valence-electron chi connectivity index (χ0n) is 15.4. The van der Waals surface area contributed by atoms with Crippen LogP contribution in [0.15, 0.2) is 70.5 Å². The summed E-state index contributed by atoms with van der Waals surface area (Å²) >= 11 is 11.9. The lowest BCUT2D eigenvalue weighted by Crippen LogP contribution is -2.16. The van der Waals surface area contributed by atoms with Gasteiger partial charge in [-0.15, -0.1) is 0 Å². The Bertz CT molecular complexity index is 1330. The number of aromatic hydroxyl groups is 1. The standard InChI is InChI=1S/C19H16Cl2N2O5S2/c1-12-5-8-19(16(21)9-12)30(27,28)23-17-11-15(6-7-18(17)24)29(25,26)22-14-4-2-3-13(20)10-14/h2-11,22-24H,1H3. The van der Waals surface area contributed by atoms with Crippen LogP contribution >= 0.6 is 23.2 Å². The van der Waals surface area contributed by atoms with Crippen LogP contribution in [0.3, 0.4) is 0 Å². The number of hydrogen-bond acceptors (Lipinski definition) is 5. The summed E-state index contributed by atoms with van der Waals surface area (Å²) in [6, 6.07) is 13.7. The summed E-state index contributed by atoms with van der Waals surface area (Å²) in [5, 5.41) is 10.4. The van der Waals surface area contributed by atoms with Gasteiger partial charge in [-0.05, 0) is 61.0 Å². The van der Waals surface area contributed by atoms with Crippen LogP contribution in [0.5, 0.6) is 5.75 Å². The van der Waals surface area contributed by atoms with Crippen molar-refractivity contribution in [2.24, 2.45) is 0 Å². The summed E-state index contributed by atoms with van der Waals surface area (Å²) in [4.78, 5) is -0.479. The van der Waals surface area contributed by atoms with E-state index in [1.54, 1.807) is 25.1 Å². The van der Waals surface area contributed by atoms with E-state index in [0.29, 0.717) is 5.02 Å². The Kier molecular flexibility index (Phi) is 6.19. The van der Waals surface area contributed by atoms with Gasteiger partial charge in [0, 0.05) is 5.02 Å². The van der Waals surface area contributed by atoms with E-state index in [0.717, 1.165) is 23.8 Å². The minimum absolute atomic E-state index is 0.00612. The van der Waals surface area contributed by atoms with E-state index in [9.17, 15) is 21.9 Å². The van der Waals surface area contributed by atoms with Crippen molar-refractivity contribution in [1.29, 1.82) is 0 Å². The molecular weight excluding hydrogens is 471 g/mol. The second-order valence-electron chi connectivity index (χ2n) is 6.33. The van der Waals surface area contributed by atoms with Crippen molar-refractivity contribution in [3.63, 3.8) is 0 Å². The number of benzene rings is 3. The van der Waals surface area contributed by atoms with E-state index in [1.165, 1.54) is 24.3 Å². The SMILES string of the molecule is Cc1ccc(S(=O)(=O)Nc2cc(S(=O)(=O)Nc3cccc(Cl)c3)ccc2O)c(Cl)c1. The van der Waals surface area contributed by atoms with E-state index in [1.807, 2.05) is 0 Å². The molecule has 0 bridgehead atoms. The Labute approximate surface area is 184 Å². The Hall–Kier alpha value is -2.46. The number of hydrogen-bond donors (Lipinski definition) is 3. The molecule has 0 saturated carbocycles. The van der Waals surface area contributed by atoms with Crippen LogP contribution in [0, 0.1) is 6.92 Å². The molecule has 11 heteroatoms. The summed E-state index contributed by atoms with van der Waals surface area (Å²) in [5.74, 6) is -0.455. The first-order valence-electron chi connectivity index (χ1n) is 8.38. The largest absolute Gasteiger partial charge is 0.506 e. The smallest absolute Gasteiger partial charge is 0.263 e. The van der Waals surface area contributed by atoms with Crippen LogP contribution in [-0.2, 0) is 20.0 Å². The third kappa shape index (κ3) is 4.99. The third-order valence-electron chi connectivity index (χ3n) is 3.98. The van der Waals surface area contributed by atoms with Gasteiger partial charge >= 0.3 is 0 Å². The molecule has 0 fully saturated rings. The molecule has 7 nitrogen and oxygen atoms in total. The fourth-order valence-electron chi connectivity index (χ4n) is 2.55. The van der Waals surface area contributed by atoms with E-state index >= 15 is 0 Å². The van der Waals surface area contributed by atoms with Gasteiger partial charge in [-0.3, -0.25) is 9.44 Å². The third-order valence-corrected chi connectivity index (χ3v) is 7.44. The van der Waals surface area contributed by atoms with Crippen molar-refractivity contribution in [1.82, 2.24) is 0 Å². The van der Waals surface area contributed by atoms with Crippen LogP contribution in [0.2, 0.25) is 10.0 Å². The van der Waals surface area contributed by atoms with Gasteiger partial charge in [0.2, 0.25) is 0 Å². The molecular formula is C19H16Cl2N2O5S2. The van der Waals surface area contributed by atoms with Gasteiger partial charge in [0.05, 0.1) is 21.3 Å². The van der Waals surface area contributed by atoms with Gasteiger partial charge in [0.25, 0.3) is 20.0 Å². The molecule has 3 aromatic carbocycles. The highest BCUT2D eigenvalue weighted by Gasteiger charge is 2.22.